The van der Waals surface area contributed by atoms with Gasteiger partial charge >= 0.3 is 12.4 Å². The summed E-state index contributed by atoms with van der Waals surface area (Å²) < 4.78 is 73.5. The van der Waals surface area contributed by atoms with E-state index in [0.717, 1.165) is 12.1 Å². The highest BCUT2D eigenvalue weighted by Crippen LogP contribution is 2.26. The Kier molecular flexibility index (Phi) is 8.09. The summed E-state index contributed by atoms with van der Waals surface area (Å²) in [6.07, 6.45) is -4.62. The maximum Gasteiger partial charge on any atom is 0.573 e. The molecule has 0 spiro atoms. The van der Waals surface area contributed by atoms with E-state index in [4.69, 9.17) is 4.74 Å². The van der Waals surface area contributed by atoms with Crippen LogP contribution in [0.15, 0.2) is 42.5 Å². The molecule has 6 nitrogen and oxygen atoms in total. The zero-order valence-electron chi connectivity index (χ0n) is 17.4. The first kappa shape index (κ1) is 24.7. The molecule has 1 fully saturated rings. The summed E-state index contributed by atoms with van der Waals surface area (Å²) in [7, 11) is 0. The van der Waals surface area contributed by atoms with Crippen LogP contribution in [-0.4, -0.2) is 55.3 Å². The second-order valence-electron chi connectivity index (χ2n) is 7.59. The van der Waals surface area contributed by atoms with Gasteiger partial charge in [-0.3, -0.25) is 0 Å². The van der Waals surface area contributed by atoms with Crippen LogP contribution in [0.1, 0.15) is 17.2 Å². The van der Waals surface area contributed by atoms with Crippen LogP contribution >= 0.6 is 0 Å². The third kappa shape index (κ3) is 7.03. The van der Waals surface area contributed by atoms with Gasteiger partial charge in [0.15, 0.2) is 11.6 Å². The highest BCUT2D eigenvalue weighted by molar-refractivity contribution is 5.75. The lowest BCUT2D eigenvalue weighted by Gasteiger charge is -2.36. The molecule has 11 heteroatoms. The van der Waals surface area contributed by atoms with E-state index >= 15 is 0 Å². The summed E-state index contributed by atoms with van der Waals surface area (Å²) in [6.45, 7) is 0.314. The van der Waals surface area contributed by atoms with Gasteiger partial charge in [-0.05, 0) is 41.8 Å². The number of rotatable bonds is 7. The summed E-state index contributed by atoms with van der Waals surface area (Å²) in [6, 6.07) is 7.65. The number of amides is 2. The number of ether oxygens (including phenoxy) is 2. The molecule has 1 aliphatic heterocycles. The van der Waals surface area contributed by atoms with Crippen LogP contribution in [0.2, 0.25) is 0 Å². The first-order valence-electron chi connectivity index (χ1n) is 10.2. The van der Waals surface area contributed by atoms with Gasteiger partial charge in [-0.1, -0.05) is 18.2 Å². The third-order valence-corrected chi connectivity index (χ3v) is 5.17. The SMILES string of the molecule is O=C(NCC(CO)Cc1cccc(OC(F)(F)F)c1)N1CCOCC1c1ccc(F)c(F)c1. The monoisotopic (exact) mass is 474 g/mol. The largest absolute Gasteiger partial charge is 0.573 e. The highest BCUT2D eigenvalue weighted by Gasteiger charge is 2.31. The average molecular weight is 474 g/mol. The van der Waals surface area contributed by atoms with Crippen molar-refractivity contribution < 1.29 is 41.3 Å². The average Bonchev–Trinajstić information content (AvgIpc) is 2.77. The number of hydrogen-bond acceptors (Lipinski definition) is 4. The molecule has 0 radical (unpaired) electrons. The van der Waals surface area contributed by atoms with Gasteiger partial charge in [0.05, 0.1) is 19.3 Å². The van der Waals surface area contributed by atoms with Crippen LogP contribution in [0.5, 0.6) is 5.75 Å². The topological polar surface area (TPSA) is 71.0 Å². The predicted octanol–water partition coefficient (Wildman–Crippen LogP) is 3.80. The Morgan fingerprint density at radius 2 is 2.00 bits per heavy atom. The first-order chi connectivity index (χ1) is 15.7. The molecule has 1 aliphatic rings. The van der Waals surface area contributed by atoms with Crippen molar-refractivity contribution in [2.24, 2.45) is 5.92 Å². The van der Waals surface area contributed by atoms with Crippen LogP contribution in [0.4, 0.5) is 26.7 Å². The lowest BCUT2D eigenvalue weighted by Crippen LogP contribution is -2.49. The number of morpholine rings is 1. The minimum Gasteiger partial charge on any atom is -0.406 e. The maximum absolute atomic E-state index is 13.7. The molecule has 2 aromatic carbocycles. The zero-order valence-corrected chi connectivity index (χ0v) is 17.4. The minimum atomic E-state index is -4.81. The van der Waals surface area contributed by atoms with E-state index in [1.807, 2.05) is 0 Å². The molecular formula is C22H23F5N2O4. The van der Waals surface area contributed by atoms with Gasteiger partial charge in [0, 0.05) is 25.6 Å². The molecule has 0 aliphatic carbocycles. The molecule has 0 bridgehead atoms. The van der Waals surface area contributed by atoms with Crippen molar-refractivity contribution in [3.63, 3.8) is 0 Å². The number of nitrogens with one attached hydrogen (secondary N) is 1. The lowest BCUT2D eigenvalue weighted by atomic mass is 10.00. The van der Waals surface area contributed by atoms with Gasteiger partial charge in [-0.2, -0.15) is 0 Å². The summed E-state index contributed by atoms with van der Waals surface area (Å²) in [5, 5.41) is 12.4. The van der Waals surface area contributed by atoms with Crippen LogP contribution in [-0.2, 0) is 11.2 Å². The van der Waals surface area contributed by atoms with Gasteiger partial charge in [0.2, 0.25) is 0 Å². The number of carbonyl (C=O) groups is 1. The number of nitrogens with zero attached hydrogens (tertiary/aromatic N) is 1. The number of carbonyl (C=O) groups excluding carboxylic acids is 1. The second kappa shape index (κ2) is 10.8. The first-order valence-corrected chi connectivity index (χ1v) is 10.2. The summed E-state index contributed by atoms with van der Waals surface area (Å²) in [4.78, 5) is 14.2. The molecule has 180 valence electrons. The fourth-order valence-corrected chi connectivity index (χ4v) is 3.58. The molecule has 2 N–H and O–H groups in total. The van der Waals surface area contributed by atoms with E-state index in [-0.39, 0.29) is 45.1 Å². The number of benzene rings is 2. The molecule has 0 aromatic heterocycles. The van der Waals surface area contributed by atoms with E-state index < -0.39 is 36.0 Å². The van der Waals surface area contributed by atoms with Crippen molar-refractivity contribution in [2.45, 2.75) is 18.8 Å². The van der Waals surface area contributed by atoms with E-state index in [9.17, 15) is 31.9 Å². The van der Waals surface area contributed by atoms with Gasteiger partial charge < -0.3 is 24.8 Å². The van der Waals surface area contributed by atoms with E-state index in [2.05, 4.69) is 10.1 Å². The van der Waals surface area contributed by atoms with Crippen molar-refractivity contribution in [1.82, 2.24) is 10.2 Å². The number of hydrogen-bond donors (Lipinski definition) is 2. The molecule has 2 unspecified atom stereocenters. The Morgan fingerprint density at radius 3 is 2.70 bits per heavy atom. The smallest absolute Gasteiger partial charge is 0.406 e. The Balaban J connectivity index is 1.61. The van der Waals surface area contributed by atoms with Crippen molar-refractivity contribution in [2.75, 3.05) is 32.9 Å². The Labute approximate surface area is 186 Å². The summed E-state index contributed by atoms with van der Waals surface area (Å²) in [5.41, 5.74) is 0.875. The van der Waals surface area contributed by atoms with Crippen LogP contribution in [0.25, 0.3) is 0 Å². The van der Waals surface area contributed by atoms with E-state index in [1.54, 1.807) is 6.07 Å². The van der Waals surface area contributed by atoms with Gasteiger partial charge in [0.1, 0.15) is 5.75 Å². The minimum absolute atomic E-state index is 0.0432. The molecule has 3 rings (SSSR count). The van der Waals surface area contributed by atoms with Crippen LogP contribution in [0, 0.1) is 17.6 Å². The van der Waals surface area contributed by atoms with Gasteiger partial charge in [0.25, 0.3) is 0 Å². The van der Waals surface area contributed by atoms with Gasteiger partial charge in [-0.15, -0.1) is 13.2 Å². The standard InChI is InChI=1S/C22H23F5N2O4/c23-18-5-4-16(10-19(18)24)20-13-32-7-6-29(20)21(31)28-11-15(12-30)8-14-2-1-3-17(9-14)33-22(25,26)27/h1-5,9-10,15,20,30H,6-8,11-13H2,(H,28,31). The third-order valence-electron chi connectivity index (χ3n) is 5.17. The number of aliphatic hydroxyl groups excluding tert-OH is 1. The Hall–Kier alpha value is -2.92. The summed E-state index contributed by atoms with van der Waals surface area (Å²) in [5.74, 6) is -2.88. The molecule has 1 saturated heterocycles. The molecule has 33 heavy (non-hydrogen) atoms. The predicted molar refractivity (Wildman–Crippen MR) is 107 cm³/mol. The zero-order chi connectivity index (χ0) is 24.0. The second-order valence-corrected chi connectivity index (χ2v) is 7.59. The van der Waals surface area contributed by atoms with E-state index in [1.165, 1.54) is 29.2 Å². The molecule has 2 amide bonds. The van der Waals surface area contributed by atoms with Crippen molar-refractivity contribution in [3.05, 3.63) is 65.2 Å². The normalized spacial score (nSPS) is 17.5. The molecule has 1 heterocycles. The Morgan fingerprint density at radius 1 is 1.21 bits per heavy atom. The fraction of sp³-hybridized carbons (Fsp3) is 0.409. The van der Waals surface area contributed by atoms with Crippen molar-refractivity contribution in [3.8, 4) is 5.75 Å². The highest BCUT2D eigenvalue weighted by atomic mass is 19.4. The van der Waals surface area contributed by atoms with Crippen LogP contribution < -0.4 is 10.1 Å². The molecule has 0 saturated carbocycles. The Bertz CT molecular complexity index is 957. The van der Waals surface area contributed by atoms with Gasteiger partial charge in [-0.25, -0.2) is 13.6 Å². The van der Waals surface area contributed by atoms with Crippen LogP contribution in [0.3, 0.4) is 0 Å². The lowest BCUT2D eigenvalue weighted by molar-refractivity contribution is -0.274. The maximum atomic E-state index is 13.7. The quantitative estimate of drug-likeness (QED) is 0.599. The number of halogens is 5. The number of urea groups is 1. The number of aliphatic hydroxyl groups is 1. The molecular weight excluding hydrogens is 451 g/mol. The van der Waals surface area contributed by atoms with Crippen molar-refractivity contribution in [1.29, 1.82) is 0 Å². The molecule has 2 aromatic rings. The summed E-state index contributed by atoms with van der Waals surface area (Å²) >= 11 is 0. The molecule has 2 atom stereocenters. The fourth-order valence-electron chi connectivity index (χ4n) is 3.58. The van der Waals surface area contributed by atoms with E-state index in [0.29, 0.717) is 11.1 Å². The van der Waals surface area contributed by atoms with Crippen molar-refractivity contribution >= 4 is 6.03 Å². The number of alkyl halides is 3.